The van der Waals surface area contributed by atoms with Crippen molar-refractivity contribution in [3.05, 3.63) is 123 Å². The first-order valence-corrected chi connectivity index (χ1v) is 12.1. The van der Waals surface area contributed by atoms with Crippen molar-refractivity contribution >= 4 is 28.4 Å². The van der Waals surface area contributed by atoms with Crippen molar-refractivity contribution in [2.45, 2.75) is 32.3 Å². The molecule has 3 aromatic carbocycles. The lowest BCUT2D eigenvalue weighted by Crippen LogP contribution is -2.32. The molecular weight excluding hydrogens is 484 g/mol. The van der Waals surface area contributed by atoms with Crippen molar-refractivity contribution < 1.29 is 24.0 Å². The van der Waals surface area contributed by atoms with E-state index in [2.05, 4.69) is 11.9 Å². The maximum absolute atomic E-state index is 13.9. The van der Waals surface area contributed by atoms with Gasteiger partial charge in [-0.15, -0.1) is 6.58 Å². The molecule has 0 amide bonds. The Morgan fingerprint density at radius 3 is 2.37 bits per heavy atom. The van der Waals surface area contributed by atoms with Gasteiger partial charge in [-0.25, -0.2) is 9.59 Å². The van der Waals surface area contributed by atoms with Crippen LogP contribution in [0.3, 0.4) is 0 Å². The Morgan fingerprint density at radius 1 is 1.03 bits per heavy atom. The van der Waals surface area contributed by atoms with Crippen LogP contribution in [-0.2, 0) is 19.1 Å². The SMILES string of the molecule is C=CCC(OC(=O)C1=C(C)NC(C)=C(C(=O)OC)C1c1cccc([N+](=O)[O-])c1)c1cccc2ccccc12. The van der Waals surface area contributed by atoms with Gasteiger partial charge in [0.15, 0.2) is 0 Å². The first kappa shape index (κ1) is 26.3. The summed E-state index contributed by atoms with van der Waals surface area (Å²) in [5.41, 5.74) is 2.38. The Morgan fingerprint density at radius 2 is 1.68 bits per heavy atom. The molecule has 1 heterocycles. The molecule has 2 unspecified atom stereocenters. The predicted molar refractivity (Wildman–Crippen MR) is 144 cm³/mol. The van der Waals surface area contributed by atoms with Gasteiger partial charge in [-0.3, -0.25) is 10.1 Å². The summed E-state index contributed by atoms with van der Waals surface area (Å²) in [6.45, 7) is 7.24. The van der Waals surface area contributed by atoms with E-state index in [4.69, 9.17) is 9.47 Å². The van der Waals surface area contributed by atoms with Crippen molar-refractivity contribution in [1.82, 2.24) is 5.32 Å². The van der Waals surface area contributed by atoms with E-state index in [0.717, 1.165) is 16.3 Å². The van der Waals surface area contributed by atoms with Crippen molar-refractivity contribution in [3.8, 4) is 0 Å². The number of carbonyl (C=O) groups is 2. The molecule has 8 heteroatoms. The van der Waals surface area contributed by atoms with E-state index in [1.54, 1.807) is 26.0 Å². The normalized spacial score (nSPS) is 16.0. The molecule has 0 spiro atoms. The molecule has 0 fully saturated rings. The summed E-state index contributed by atoms with van der Waals surface area (Å²) in [6, 6.07) is 19.5. The number of benzene rings is 3. The number of hydrogen-bond donors (Lipinski definition) is 1. The Balaban J connectivity index is 1.81. The zero-order valence-corrected chi connectivity index (χ0v) is 21.4. The molecule has 0 saturated carbocycles. The number of methoxy groups -OCH3 is 1. The third-order valence-corrected chi connectivity index (χ3v) is 6.60. The molecule has 0 aliphatic carbocycles. The highest BCUT2D eigenvalue weighted by molar-refractivity contribution is 6.00. The Kier molecular flexibility index (Phi) is 7.71. The molecule has 2 atom stereocenters. The maximum Gasteiger partial charge on any atom is 0.337 e. The number of carbonyl (C=O) groups excluding carboxylic acids is 2. The first-order valence-electron chi connectivity index (χ1n) is 12.1. The standard InChI is InChI=1S/C30H28N2O6/c1-5-10-25(24-16-9-12-20-11-6-7-15-23(20)24)38-30(34)27-19(3)31-18(2)26(29(33)37-4)28(27)21-13-8-14-22(17-21)32(35)36/h5-9,11-17,25,28,31H,1,10H2,2-4H3. The summed E-state index contributed by atoms with van der Waals surface area (Å²) >= 11 is 0. The monoisotopic (exact) mass is 512 g/mol. The van der Waals surface area contributed by atoms with Gasteiger partial charge in [-0.1, -0.05) is 60.7 Å². The Labute approximate surface area is 220 Å². The van der Waals surface area contributed by atoms with Crippen LogP contribution in [0.5, 0.6) is 0 Å². The van der Waals surface area contributed by atoms with Crippen LogP contribution in [0.15, 0.2) is 102 Å². The van der Waals surface area contributed by atoms with Crippen LogP contribution in [0.1, 0.15) is 43.4 Å². The van der Waals surface area contributed by atoms with E-state index in [1.165, 1.54) is 25.3 Å². The zero-order valence-electron chi connectivity index (χ0n) is 21.4. The van der Waals surface area contributed by atoms with Gasteiger partial charge in [-0.2, -0.15) is 0 Å². The second kappa shape index (κ2) is 11.1. The fraction of sp³-hybridized carbons (Fsp3) is 0.200. The Hall–Kier alpha value is -4.72. The maximum atomic E-state index is 13.9. The summed E-state index contributed by atoms with van der Waals surface area (Å²) < 4.78 is 11.1. The van der Waals surface area contributed by atoms with Crippen LogP contribution < -0.4 is 5.32 Å². The number of ether oxygens (including phenoxy) is 2. The van der Waals surface area contributed by atoms with E-state index in [1.807, 2.05) is 42.5 Å². The molecule has 1 aliphatic rings. The molecule has 0 saturated heterocycles. The lowest BCUT2D eigenvalue weighted by atomic mass is 9.80. The number of non-ortho nitro benzene ring substituents is 1. The van der Waals surface area contributed by atoms with Crippen LogP contribution >= 0.6 is 0 Å². The summed E-state index contributed by atoms with van der Waals surface area (Å²) in [5, 5.41) is 16.6. The van der Waals surface area contributed by atoms with Crippen LogP contribution in [0, 0.1) is 10.1 Å². The highest BCUT2D eigenvalue weighted by atomic mass is 16.6. The fourth-order valence-corrected chi connectivity index (χ4v) is 4.91. The van der Waals surface area contributed by atoms with E-state index >= 15 is 0 Å². The largest absolute Gasteiger partial charge is 0.466 e. The molecule has 0 bridgehead atoms. The summed E-state index contributed by atoms with van der Waals surface area (Å²) in [7, 11) is 1.25. The molecule has 4 rings (SSSR count). The lowest BCUT2D eigenvalue weighted by molar-refractivity contribution is -0.384. The van der Waals surface area contributed by atoms with Gasteiger partial charge in [-0.05, 0) is 30.2 Å². The molecule has 1 aliphatic heterocycles. The average Bonchev–Trinajstić information content (AvgIpc) is 2.91. The number of rotatable bonds is 8. The van der Waals surface area contributed by atoms with E-state index in [9.17, 15) is 19.7 Å². The van der Waals surface area contributed by atoms with E-state index in [-0.39, 0.29) is 16.8 Å². The van der Waals surface area contributed by atoms with Gasteiger partial charge in [0.05, 0.1) is 29.1 Å². The molecule has 0 aromatic heterocycles. The van der Waals surface area contributed by atoms with E-state index < -0.39 is 28.9 Å². The minimum Gasteiger partial charge on any atom is -0.466 e. The van der Waals surface area contributed by atoms with Crippen LogP contribution in [0.4, 0.5) is 5.69 Å². The van der Waals surface area contributed by atoms with Gasteiger partial charge < -0.3 is 14.8 Å². The second-order valence-electron chi connectivity index (χ2n) is 8.97. The number of dihydropyridines is 1. The minimum absolute atomic E-state index is 0.159. The Bertz CT molecular complexity index is 1500. The minimum atomic E-state index is -0.937. The molecule has 1 N–H and O–H groups in total. The smallest absolute Gasteiger partial charge is 0.337 e. The summed E-state index contributed by atoms with van der Waals surface area (Å²) in [4.78, 5) is 37.8. The van der Waals surface area contributed by atoms with E-state index in [0.29, 0.717) is 23.4 Å². The highest BCUT2D eigenvalue weighted by Gasteiger charge is 2.39. The van der Waals surface area contributed by atoms with Gasteiger partial charge in [0, 0.05) is 35.5 Å². The predicted octanol–water partition coefficient (Wildman–Crippen LogP) is 6.02. The highest BCUT2D eigenvalue weighted by Crippen LogP contribution is 2.41. The van der Waals surface area contributed by atoms with Crippen LogP contribution in [0.2, 0.25) is 0 Å². The summed E-state index contributed by atoms with van der Waals surface area (Å²) in [5.74, 6) is -2.24. The van der Waals surface area contributed by atoms with Gasteiger partial charge in [0.2, 0.25) is 0 Å². The number of hydrogen-bond acceptors (Lipinski definition) is 7. The molecule has 0 radical (unpaired) electrons. The van der Waals surface area contributed by atoms with Gasteiger partial charge in [0.1, 0.15) is 6.10 Å². The molecule has 38 heavy (non-hydrogen) atoms. The lowest BCUT2D eigenvalue weighted by Gasteiger charge is -2.31. The zero-order chi connectivity index (χ0) is 27.4. The third kappa shape index (κ3) is 5.06. The molecular formula is C30H28N2O6. The van der Waals surface area contributed by atoms with Crippen molar-refractivity contribution in [3.63, 3.8) is 0 Å². The number of fused-ring (bicyclic) bond motifs is 1. The number of nitrogens with zero attached hydrogens (tertiary/aromatic N) is 1. The average molecular weight is 513 g/mol. The summed E-state index contributed by atoms with van der Waals surface area (Å²) in [6.07, 6.45) is 1.40. The molecule has 3 aromatic rings. The van der Waals surface area contributed by atoms with Crippen molar-refractivity contribution in [2.24, 2.45) is 0 Å². The third-order valence-electron chi connectivity index (χ3n) is 6.60. The number of allylic oxidation sites excluding steroid dienone is 2. The topological polar surface area (TPSA) is 108 Å². The fourth-order valence-electron chi connectivity index (χ4n) is 4.91. The van der Waals surface area contributed by atoms with Crippen molar-refractivity contribution in [2.75, 3.05) is 7.11 Å². The second-order valence-corrected chi connectivity index (χ2v) is 8.97. The first-order chi connectivity index (χ1) is 18.3. The number of esters is 2. The molecule has 194 valence electrons. The quantitative estimate of drug-likeness (QED) is 0.170. The van der Waals surface area contributed by atoms with Gasteiger partial charge in [0.25, 0.3) is 5.69 Å². The number of nitro benzene ring substituents is 1. The van der Waals surface area contributed by atoms with Crippen LogP contribution in [0.25, 0.3) is 10.8 Å². The molecule has 8 nitrogen and oxygen atoms in total. The number of nitrogens with one attached hydrogen (secondary N) is 1. The van der Waals surface area contributed by atoms with Crippen molar-refractivity contribution in [1.29, 1.82) is 0 Å². The van der Waals surface area contributed by atoms with Crippen LogP contribution in [-0.4, -0.2) is 24.0 Å². The van der Waals surface area contributed by atoms with Gasteiger partial charge >= 0.3 is 11.9 Å². The number of nitro groups is 1.